The van der Waals surface area contributed by atoms with Crippen molar-refractivity contribution in [1.82, 2.24) is 9.55 Å². The molecule has 1 fully saturated rings. The lowest BCUT2D eigenvalue weighted by Gasteiger charge is -2.36. The van der Waals surface area contributed by atoms with Crippen LogP contribution in [0.15, 0.2) is 18.2 Å². The number of aryl methyl sites for hydroxylation is 1. The highest BCUT2D eigenvalue weighted by Gasteiger charge is 2.33. The Balaban J connectivity index is 1.80. The summed E-state index contributed by atoms with van der Waals surface area (Å²) in [6.45, 7) is 8.96. The van der Waals surface area contributed by atoms with Crippen molar-refractivity contribution in [1.29, 1.82) is 0 Å². The summed E-state index contributed by atoms with van der Waals surface area (Å²) in [4.78, 5) is 17.5. The fraction of sp³-hybridized carbons (Fsp3) is 0.636. The van der Waals surface area contributed by atoms with Crippen LogP contribution in [0.5, 0.6) is 5.75 Å². The first-order chi connectivity index (χ1) is 12.9. The van der Waals surface area contributed by atoms with E-state index in [4.69, 9.17) is 9.47 Å². The third-order valence-corrected chi connectivity index (χ3v) is 5.88. The highest BCUT2D eigenvalue weighted by molar-refractivity contribution is 5.80. The lowest BCUT2D eigenvalue weighted by Crippen LogP contribution is -2.36. The van der Waals surface area contributed by atoms with Gasteiger partial charge in [-0.25, -0.2) is 4.98 Å². The number of aromatic nitrogens is 2. The zero-order valence-corrected chi connectivity index (χ0v) is 17.2. The molecule has 2 aromatic rings. The number of ether oxygens (including phenoxy) is 2. The molecule has 0 bridgehead atoms. The summed E-state index contributed by atoms with van der Waals surface area (Å²) < 4.78 is 13.3. The molecule has 1 aromatic heterocycles. The minimum absolute atomic E-state index is 0.0237. The minimum atomic E-state index is -0.170. The summed E-state index contributed by atoms with van der Waals surface area (Å²) >= 11 is 0. The van der Waals surface area contributed by atoms with Crippen molar-refractivity contribution >= 4 is 17.0 Å². The van der Waals surface area contributed by atoms with Gasteiger partial charge in [-0.05, 0) is 42.7 Å². The van der Waals surface area contributed by atoms with E-state index in [1.54, 1.807) is 7.11 Å². The van der Waals surface area contributed by atoms with E-state index in [1.807, 2.05) is 22.8 Å². The molecular weight excluding hydrogens is 340 g/mol. The molecule has 0 spiro atoms. The lowest BCUT2D eigenvalue weighted by atomic mass is 9.75. The Morgan fingerprint density at radius 3 is 2.78 bits per heavy atom. The van der Waals surface area contributed by atoms with Gasteiger partial charge in [0, 0.05) is 12.5 Å². The topological polar surface area (TPSA) is 53.4 Å². The number of imidazole rings is 1. The molecule has 0 aliphatic heterocycles. The largest absolute Gasteiger partial charge is 0.497 e. The van der Waals surface area contributed by atoms with Gasteiger partial charge in [-0.2, -0.15) is 0 Å². The van der Waals surface area contributed by atoms with Crippen LogP contribution in [-0.2, 0) is 22.5 Å². The van der Waals surface area contributed by atoms with Crippen LogP contribution in [0.4, 0.5) is 0 Å². The molecule has 3 atom stereocenters. The summed E-state index contributed by atoms with van der Waals surface area (Å²) in [5, 5.41) is 0. The van der Waals surface area contributed by atoms with E-state index in [2.05, 4.69) is 32.7 Å². The number of hydrogen-bond donors (Lipinski definition) is 0. The maximum atomic E-state index is 12.8. The van der Waals surface area contributed by atoms with Gasteiger partial charge in [-0.15, -0.1) is 0 Å². The predicted molar refractivity (Wildman–Crippen MR) is 107 cm³/mol. The molecule has 1 saturated carbocycles. The number of esters is 1. The third kappa shape index (κ3) is 4.28. The third-order valence-electron chi connectivity index (χ3n) is 5.88. The molecule has 0 radical (unpaired) electrons. The van der Waals surface area contributed by atoms with E-state index < -0.39 is 0 Å². The summed E-state index contributed by atoms with van der Waals surface area (Å²) in [5.41, 5.74) is 1.80. The molecule has 27 heavy (non-hydrogen) atoms. The minimum Gasteiger partial charge on any atom is -0.497 e. The SMILES string of the molecule is CCc1nc2ccc(OC)cc2n1CC(=O)O[C@@H]1CC(C)CCC1C(C)C. The maximum absolute atomic E-state index is 12.8. The Morgan fingerprint density at radius 1 is 1.33 bits per heavy atom. The molecule has 1 aliphatic carbocycles. The van der Waals surface area contributed by atoms with E-state index in [1.165, 1.54) is 6.42 Å². The fourth-order valence-electron chi connectivity index (χ4n) is 4.31. The van der Waals surface area contributed by atoms with Crippen LogP contribution >= 0.6 is 0 Å². The number of nitrogens with zero attached hydrogens (tertiary/aromatic N) is 2. The smallest absolute Gasteiger partial charge is 0.326 e. The zero-order chi connectivity index (χ0) is 19.6. The molecule has 0 saturated heterocycles. The van der Waals surface area contributed by atoms with Crippen molar-refractivity contribution in [3.8, 4) is 5.75 Å². The van der Waals surface area contributed by atoms with Crippen molar-refractivity contribution in [3.63, 3.8) is 0 Å². The summed E-state index contributed by atoms with van der Waals surface area (Å²) in [6.07, 6.45) is 4.12. The molecule has 3 rings (SSSR count). The molecule has 148 valence electrons. The van der Waals surface area contributed by atoms with Crippen LogP contribution in [0.25, 0.3) is 11.0 Å². The quantitative estimate of drug-likeness (QED) is 0.695. The van der Waals surface area contributed by atoms with E-state index in [0.29, 0.717) is 17.8 Å². The van der Waals surface area contributed by atoms with Crippen LogP contribution in [-0.4, -0.2) is 28.7 Å². The number of benzene rings is 1. The van der Waals surface area contributed by atoms with Gasteiger partial charge in [0.2, 0.25) is 0 Å². The second-order valence-corrected chi connectivity index (χ2v) is 8.18. The van der Waals surface area contributed by atoms with E-state index in [0.717, 1.165) is 41.9 Å². The Bertz CT molecular complexity index is 796. The van der Waals surface area contributed by atoms with Gasteiger partial charge in [0.15, 0.2) is 0 Å². The van der Waals surface area contributed by atoms with Crippen LogP contribution in [0.3, 0.4) is 0 Å². The highest BCUT2D eigenvalue weighted by Crippen LogP contribution is 2.35. The summed E-state index contributed by atoms with van der Waals surface area (Å²) in [6, 6.07) is 5.77. The van der Waals surface area contributed by atoms with Gasteiger partial charge in [-0.1, -0.05) is 34.1 Å². The number of rotatable bonds is 6. The molecule has 1 aliphatic rings. The van der Waals surface area contributed by atoms with Crippen molar-refractivity contribution in [3.05, 3.63) is 24.0 Å². The normalized spacial score (nSPS) is 23.0. The summed E-state index contributed by atoms with van der Waals surface area (Å²) in [5.74, 6) is 3.09. The average molecular weight is 373 g/mol. The van der Waals surface area contributed by atoms with E-state index in [9.17, 15) is 4.79 Å². The number of fused-ring (bicyclic) bond motifs is 1. The number of methoxy groups -OCH3 is 1. The van der Waals surface area contributed by atoms with Crippen LogP contribution in [0, 0.1) is 17.8 Å². The predicted octanol–water partition coefficient (Wildman–Crippen LogP) is 4.61. The van der Waals surface area contributed by atoms with E-state index >= 15 is 0 Å². The lowest BCUT2D eigenvalue weighted by molar-refractivity contribution is -0.156. The van der Waals surface area contributed by atoms with Crippen molar-refractivity contribution in [2.24, 2.45) is 17.8 Å². The number of carbonyl (C=O) groups excluding carboxylic acids is 1. The molecular formula is C22H32N2O3. The second-order valence-electron chi connectivity index (χ2n) is 8.18. The Kier molecular flexibility index (Phi) is 6.08. The second kappa shape index (κ2) is 8.32. The van der Waals surface area contributed by atoms with Crippen molar-refractivity contribution in [2.45, 2.75) is 66.0 Å². The van der Waals surface area contributed by atoms with Crippen LogP contribution in [0.2, 0.25) is 0 Å². The first kappa shape index (κ1) is 19.7. The maximum Gasteiger partial charge on any atom is 0.326 e. The molecule has 1 heterocycles. The highest BCUT2D eigenvalue weighted by atomic mass is 16.5. The fourth-order valence-corrected chi connectivity index (χ4v) is 4.31. The van der Waals surface area contributed by atoms with Crippen LogP contribution < -0.4 is 4.74 Å². The average Bonchev–Trinajstić information content (AvgIpc) is 2.98. The van der Waals surface area contributed by atoms with Gasteiger partial charge in [0.25, 0.3) is 0 Å². The molecule has 5 heteroatoms. The van der Waals surface area contributed by atoms with E-state index in [-0.39, 0.29) is 18.6 Å². The first-order valence-electron chi connectivity index (χ1n) is 10.2. The zero-order valence-electron chi connectivity index (χ0n) is 17.2. The Morgan fingerprint density at radius 2 is 2.11 bits per heavy atom. The van der Waals surface area contributed by atoms with Crippen LogP contribution in [0.1, 0.15) is 52.8 Å². The monoisotopic (exact) mass is 372 g/mol. The van der Waals surface area contributed by atoms with Gasteiger partial charge in [0.1, 0.15) is 24.2 Å². The number of hydrogen-bond acceptors (Lipinski definition) is 4. The van der Waals surface area contributed by atoms with Gasteiger partial charge >= 0.3 is 5.97 Å². The Labute approximate surface area is 162 Å². The first-order valence-corrected chi connectivity index (χ1v) is 10.2. The molecule has 2 unspecified atom stereocenters. The molecule has 0 N–H and O–H groups in total. The molecule has 5 nitrogen and oxygen atoms in total. The molecule has 1 aromatic carbocycles. The molecule has 0 amide bonds. The van der Waals surface area contributed by atoms with Crippen molar-refractivity contribution in [2.75, 3.05) is 7.11 Å². The van der Waals surface area contributed by atoms with Gasteiger partial charge < -0.3 is 14.0 Å². The van der Waals surface area contributed by atoms with Gasteiger partial charge in [-0.3, -0.25) is 4.79 Å². The Hall–Kier alpha value is -2.04. The van der Waals surface area contributed by atoms with Crippen molar-refractivity contribution < 1.29 is 14.3 Å². The number of carbonyl (C=O) groups is 1. The summed E-state index contributed by atoms with van der Waals surface area (Å²) in [7, 11) is 1.65. The standard InChI is InChI=1S/C22H32N2O3/c1-6-21-23-18-10-8-16(26-5)12-19(18)24(21)13-22(25)27-20-11-15(4)7-9-17(20)14(2)3/h8,10,12,14-15,17,20H,6-7,9,11,13H2,1-5H3/t15?,17?,20-/m1/s1. The van der Waals surface area contributed by atoms with Gasteiger partial charge in [0.05, 0.1) is 18.1 Å².